The minimum Gasteiger partial charge on any atom is -0.311 e. The van der Waals surface area contributed by atoms with Crippen molar-refractivity contribution in [2.75, 3.05) is 6.54 Å². The average Bonchev–Trinajstić information content (AvgIpc) is 1.98. The minimum atomic E-state index is 0.614. The summed E-state index contributed by atoms with van der Waals surface area (Å²) in [5.41, 5.74) is 0. The molecule has 0 saturated heterocycles. The Morgan fingerprint density at radius 1 is 1.50 bits per heavy atom. The smallest absolute Gasteiger partial charge is 0.0134 e. The van der Waals surface area contributed by atoms with Crippen LogP contribution in [0.25, 0.3) is 0 Å². The maximum Gasteiger partial charge on any atom is 0.0134 e. The van der Waals surface area contributed by atoms with Gasteiger partial charge in [-0.15, -0.1) is 6.58 Å². The average molecular weight is 141 g/mol. The van der Waals surface area contributed by atoms with Crippen LogP contribution in [0, 0.1) is 5.92 Å². The SMILES string of the molecule is C=CCN[C@@H](C)[C@@H](C)CC. The van der Waals surface area contributed by atoms with Crippen LogP contribution in [0.5, 0.6) is 0 Å². The second-order valence-electron chi connectivity index (χ2n) is 2.87. The van der Waals surface area contributed by atoms with Crippen molar-refractivity contribution in [1.29, 1.82) is 0 Å². The fraction of sp³-hybridized carbons (Fsp3) is 0.778. The normalized spacial score (nSPS) is 16.3. The van der Waals surface area contributed by atoms with Crippen LogP contribution in [0.15, 0.2) is 12.7 Å². The van der Waals surface area contributed by atoms with Crippen LogP contribution in [0.1, 0.15) is 27.2 Å². The van der Waals surface area contributed by atoms with Gasteiger partial charge in [0.25, 0.3) is 0 Å². The van der Waals surface area contributed by atoms with E-state index in [4.69, 9.17) is 0 Å². The maximum atomic E-state index is 3.66. The number of hydrogen-bond acceptors (Lipinski definition) is 1. The molecule has 0 aromatic carbocycles. The van der Waals surface area contributed by atoms with Crippen LogP contribution in [-0.2, 0) is 0 Å². The standard InChI is InChI=1S/C9H19N/c1-5-7-10-9(4)8(3)6-2/h5,8-10H,1,6-7H2,2-4H3/t8-,9-/m0/s1. The molecule has 0 bridgehead atoms. The number of hydrogen-bond donors (Lipinski definition) is 1. The molecule has 0 saturated carbocycles. The van der Waals surface area contributed by atoms with Crippen molar-refractivity contribution < 1.29 is 0 Å². The second kappa shape index (κ2) is 5.48. The zero-order chi connectivity index (χ0) is 7.98. The van der Waals surface area contributed by atoms with E-state index < -0.39 is 0 Å². The third-order valence-electron chi connectivity index (χ3n) is 2.08. The third-order valence-corrected chi connectivity index (χ3v) is 2.08. The highest BCUT2D eigenvalue weighted by atomic mass is 14.9. The Kier molecular flexibility index (Phi) is 5.32. The molecule has 0 aliphatic heterocycles. The van der Waals surface area contributed by atoms with Crippen LogP contribution >= 0.6 is 0 Å². The first-order chi connectivity index (χ1) is 4.72. The fourth-order valence-electron chi connectivity index (χ4n) is 0.824. The zero-order valence-electron chi connectivity index (χ0n) is 7.35. The van der Waals surface area contributed by atoms with Crippen LogP contribution < -0.4 is 5.32 Å². The van der Waals surface area contributed by atoms with E-state index in [1.165, 1.54) is 6.42 Å². The molecule has 0 unspecified atom stereocenters. The van der Waals surface area contributed by atoms with Crippen molar-refractivity contribution >= 4 is 0 Å². The summed E-state index contributed by atoms with van der Waals surface area (Å²) in [6, 6.07) is 0.614. The molecule has 0 spiro atoms. The highest BCUT2D eigenvalue weighted by molar-refractivity contribution is 4.75. The highest BCUT2D eigenvalue weighted by Crippen LogP contribution is 2.05. The lowest BCUT2D eigenvalue weighted by molar-refractivity contribution is 0.404. The zero-order valence-corrected chi connectivity index (χ0v) is 7.35. The first-order valence-electron chi connectivity index (χ1n) is 4.06. The van der Waals surface area contributed by atoms with Crippen LogP contribution in [-0.4, -0.2) is 12.6 Å². The van der Waals surface area contributed by atoms with E-state index >= 15 is 0 Å². The lowest BCUT2D eigenvalue weighted by Gasteiger charge is -2.18. The Bertz CT molecular complexity index is 88.7. The molecule has 1 N–H and O–H groups in total. The van der Waals surface area contributed by atoms with E-state index in [1.54, 1.807) is 0 Å². The molecule has 0 aromatic rings. The van der Waals surface area contributed by atoms with E-state index in [2.05, 4.69) is 32.7 Å². The molecule has 60 valence electrons. The predicted molar refractivity (Wildman–Crippen MR) is 47.1 cm³/mol. The second-order valence-corrected chi connectivity index (χ2v) is 2.87. The van der Waals surface area contributed by atoms with Gasteiger partial charge in [-0.05, 0) is 12.8 Å². The monoisotopic (exact) mass is 141 g/mol. The molecule has 2 atom stereocenters. The minimum absolute atomic E-state index is 0.614. The molecule has 10 heavy (non-hydrogen) atoms. The first-order valence-corrected chi connectivity index (χ1v) is 4.06. The Hall–Kier alpha value is -0.300. The van der Waals surface area contributed by atoms with E-state index in [9.17, 15) is 0 Å². The van der Waals surface area contributed by atoms with Gasteiger partial charge in [-0.2, -0.15) is 0 Å². The Labute approximate surface area is 64.5 Å². The van der Waals surface area contributed by atoms with Gasteiger partial charge in [0.2, 0.25) is 0 Å². The summed E-state index contributed by atoms with van der Waals surface area (Å²) < 4.78 is 0. The van der Waals surface area contributed by atoms with Gasteiger partial charge in [0.15, 0.2) is 0 Å². The van der Waals surface area contributed by atoms with Crippen LogP contribution in [0.3, 0.4) is 0 Å². The predicted octanol–water partition coefficient (Wildman–Crippen LogP) is 2.20. The number of rotatable bonds is 5. The van der Waals surface area contributed by atoms with Gasteiger partial charge >= 0.3 is 0 Å². The largest absolute Gasteiger partial charge is 0.311 e. The topological polar surface area (TPSA) is 12.0 Å². The molecule has 0 aliphatic carbocycles. The van der Waals surface area contributed by atoms with Crippen molar-refractivity contribution in [3.8, 4) is 0 Å². The molecule has 1 nitrogen and oxygen atoms in total. The van der Waals surface area contributed by atoms with Crippen molar-refractivity contribution in [3.05, 3.63) is 12.7 Å². The van der Waals surface area contributed by atoms with Gasteiger partial charge < -0.3 is 5.32 Å². The molecule has 1 heteroatoms. The first kappa shape index (κ1) is 9.70. The quantitative estimate of drug-likeness (QED) is 0.579. The molecule has 0 radical (unpaired) electrons. The van der Waals surface area contributed by atoms with Gasteiger partial charge in [0.1, 0.15) is 0 Å². The van der Waals surface area contributed by atoms with Crippen molar-refractivity contribution in [2.45, 2.75) is 33.2 Å². The fourth-order valence-corrected chi connectivity index (χ4v) is 0.824. The van der Waals surface area contributed by atoms with Gasteiger partial charge in [-0.3, -0.25) is 0 Å². The van der Waals surface area contributed by atoms with Gasteiger partial charge in [-0.25, -0.2) is 0 Å². The van der Waals surface area contributed by atoms with Crippen molar-refractivity contribution in [3.63, 3.8) is 0 Å². The summed E-state index contributed by atoms with van der Waals surface area (Å²) in [4.78, 5) is 0. The van der Waals surface area contributed by atoms with Gasteiger partial charge in [0, 0.05) is 12.6 Å². The van der Waals surface area contributed by atoms with Crippen LogP contribution in [0.4, 0.5) is 0 Å². The number of nitrogens with one attached hydrogen (secondary N) is 1. The van der Waals surface area contributed by atoms with E-state index in [-0.39, 0.29) is 0 Å². The summed E-state index contributed by atoms with van der Waals surface area (Å²) in [7, 11) is 0. The lowest BCUT2D eigenvalue weighted by atomic mass is 10.0. The van der Waals surface area contributed by atoms with E-state index in [0.717, 1.165) is 12.5 Å². The maximum absolute atomic E-state index is 3.66. The lowest BCUT2D eigenvalue weighted by Crippen LogP contribution is -2.31. The summed E-state index contributed by atoms with van der Waals surface area (Å²) >= 11 is 0. The molecular weight excluding hydrogens is 122 g/mol. The summed E-state index contributed by atoms with van der Waals surface area (Å²) in [6.45, 7) is 11.3. The van der Waals surface area contributed by atoms with Gasteiger partial charge in [0.05, 0.1) is 0 Å². The Morgan fingerprint density at radius 3 is 2.50 bits per heavy atom. The Morgan fingerprint density at radius 2 is 2.10 bits per heavy atom. The molecule has 0 aliphatic rings. The van der Waals surface area contributed by atoms with Gasteiger partial charge in [-0.1, -0.05) is 26.3 Å². The molecule has 0 rings (SSSR count). The Balaban J connectivity index is 3.40. The van der Waals surface area contributed by atoms with Crippen molar-refractivity contribution in [2.24, 2.45) is 5.92 Å². The summed E-state index contributed by atoms with van der Waals surface area (Å²) in [5, 5.41) is 3.36. The third kappa shape index (κ3) is 3.67. The summed E-state index contributed by atoms with van der Waals surface area (Å²) in [5.74, 6) is 0.764. The van der Waals surface area contributed by atoms with Crippen LogP contribution in [0.2, 0.25) is 0 Å². The molecule has 0 amide bonds. The highest BCUT2D eigenvalue weighted by Gasteiger charge is 2.06. The van der Waals surface area contributed by atoms with Crippen molar-refractivity contribution in [1.82, 2.24) is 5.32 Å². The molecular formula is C9H19N. The van der Waals surface area contributed by atoms with E-state index in [0.29, 0.717) is 6.04 Å². The van der Waals surface area contributed by atoms with E-state index in [1.807, 2.05) is 6.08 Å². The molecule has 0 aromatic heterocycles. The summed E-state index contributed by atoms with van der Waals surface area (Å²) in [6.07, 6.45) is 3.14. The molecule has 0 heterocycles. The molecule has 0 fully saturated rings.